The molecule has 1 atom stereocenters. The molecule has 2 rings (SSSR count). The van der Waals surface area contributed by atoms with E-state index in [4.69, 9.17) is 21.1 Å². The Morgan fingerprint density at radius 2 is 2.21 bits per heavy atom. The van der Waals surface area contributed by atoms with Gasteiger partial charge < -0.3 is 9.47 Å². The fraction of sp³-hybridized carbons (Fsp3) is 0.316. The van der Waals surface area contributed by atoms with E-state index < -0.39 is 0 Å². The molecule has 0 fully saturated rings. The van der Waals surface area contributed by atoms with E-state index in [0.717, 1.165) is 12.1 Å². The third kappa shape index (κ3) is 4.49. The van der Waals surface area contributed by atoms with Gasteiger partial charge >= 0.3 is 0 Å². The van der Waals surface area contributed by atoms with Crippen molar-refractivity contribution < 1.29 is 9.47 Å². The highest BCUT2D eigenvalue weighted by Crippen LogP contribution is 2.37. The van der Waals surface area contributed by atoms with Gasteiger partial charge in [0.15, 0.2) is 11.5 Å². The lowest BCUT2D eigenvalue weighted by atomic mass is 10.1. The van der Waals surface area contributed by atoms with Crippen LogP contribution in [0.5, 0.6) is 11.5 Å². The Morgan fingerprint density at radius 1 is 1.42 bits per heavy atom. The number of ether oxygens (including phenoxy) is 2. The van der Waals surface area contributed by atoms with Crippen molar-refractivity contribution in [3.05, 3.63) is 65.5 Å². The summed E-state index contributed by atoms with van der Waals surface area (Å²) < 4.78 is 11.0. The monoisotopic (exact) mass is 346 g/mol. The van der Waals surface area contributed by atoms with Crippen molar-refractivity contribution >= 4 is 11.6 Å². The molecule has 0 spiro atoms. The number of methoxy groups -OCH3 is 1. The zero-order valence-corrected chi connectivity index (χ0v) is 15.1. The normalized spacial score (nSPS) is 12.0. The zero-order chi connectivity index (χ0) is 17.5. The van der Waals surface area contributed by atoms with Gasteiger partial charge in [-0.05, 0) is 43.3 Å². The fourth-order valence-electron chi connectivity index (χ4n) is 2.45. The van der Waals surface area contributed by atoms with Crippen molar-refractivity contribution in [3.8, 4) is 11.5 Å². The highest BCUT2D eigenvalue weighted by atomic mass is 35.5. The van der Waals surface area contributed by atoms with E-state index in [9.17, 15) is 0 Å². The Labute approximate surface area is 148 Å². The summed E-state index contributed by atoms with van der Waals surface area (Å²) in [5, 5.41) is 0.536. The minimum atomic E-state index is 0.236. The second-order valence-corrected chi connectivity index (χ2v) is 5.99. The van der Waals surface area contributed by atoms with Crippen LogP contribution in [-0.2, 0) is 6.54 Å². The van der Waals surface area contributed by atoms with Crippen molar-refractivity contribution in [2.24, 2.45) is 0 Å². The van der Waals surface area contributed by atoms with Crippen LogP contribution in [0.15, 0.2) is 49.3 Å². The van der Waals surface area contributed by atoms with Gasteiger partial charge in [-0.15, -0.1) is 0 Å². The van der Waals surface area contributed by atoms with E-state index in [2.05, 4.69) is 36.5 Å². The van der Waals surface area contributed by atoms with Crippen LogP contribution in [-0.4, -0.2) is 30.6 Å². The maximum Gasteiger partial charge on any atom is 0.180 e. The molecule has 128 valence electrons. The van der Waals surface area contributed by atoms with E-state index >= 15 is 0 Å². The Bertz CT molecular complexity index is 677. The van der Waals surface area contributed by atoms with Gasteiger partial charge in [-0.1, -0.05) is 30.3 Å². The topological polar surface area (TPSA) is 34.6 Å². The van der Waals surface area contributed by atoms with Gasteiger partial charge in [0.05, 0.1) is 12.1 Å². The summed E-state index contributed by atoms with van der Waals surface area (Å²) in [5.74, 6) is 1.17. The lowest BCUT2D eigenvalue weighted by molar-refractivity contribution is 0.252. The van der Waals surface area contributed by atoms with Gasteiger partial charge in [0.25, 0.3) is 0 Å². The molecule has 0 bridgehead atoms. The van der Waals surface area contributed by atoms with Crippen LogP contribution in [0.25, 0.3) is 0 Å². The number of aromatic nitrogens is 1. The standard InChI is InChI=1S/C19H23ClN2O2/c1-5-9-24-19-17(20)10-15(11-18(19)23-4)13-22(3)14(2)16-7-6-8-21-12-16/h5-8,10-12,14H,1,9,13H2,2-4H3. The van der Waals surface area contributed by atoms with Crippen molar-refractivity contribution in [1.82, 2.24) is 9.88 Å². The zero-order valence-electron chi connectivity index (χ0n) is 14.3. The van der Waals surface area contributed by atoms with Gasteiger partial charge in [-0.3, -0.25) is 9.88 Å². The van der Waals surface area contributed by atoms with Gasteiger partial charge in [-0.25, -0.2) is 0 Å². The Kier molecular flexibility index (Phi) is 6.64. The van der Waals surface area contributed by atoms with Crippen LogP contribution in [0.1, 0.15) is 24.1 Å². The summed E-state index contributed by atoms with van der Waals surface area (Å²) in [6.45, 7) is 6.91. The van der Waals surface area contributed by atoms with Crippen LogP contribution in [0.2, 0.25) is 5.02 Å². The summed E-state index contributed by atoms with van der Waals surface area (Å²) in [7, 11) is 3.68. The molecule has 0 saturated carbocycles. The molecule has 0 aliphatic rings. The smallest absolute Gasteiger partial charge is 0.180 e. The highest BCUT2D eigenvalue weighted by molar-refractivity contribution is 6.32. The quantitative estimate of drug-likeness (QED) is 0.659. The molecular weight excluding hydrogens is 324 g/mol. The van der Waals surface area contributed by atoms with Crippen molar-refractivity contribution in [3.63, 3.8) is 0 Å². The number of nitrogens with zero attached hydrogens (tertiary/aromatic N) is 2. The van der Waals surface area contributed by atoms with Gasteiger partial charge in [0.1, 0.15) is 6.61 Å². The summed E-state index contributed by atoms with van der Waals surface area (Å²) in [6, 6.07) is 8.13. The van der Waals surface area contributed by atoms with Crippen molar-refractivity contribution in [2.75, 3.05) is 20.8 Å². The summed E-state index contributed by atoms with van der Waals surface area (Å²) in [6.07, 6.45) is 5.34. The minimum Gasteiger partial charge on any atom is -0.493 e. The molecule has 5 heteroatoms. The first-order valence-electron chi connectivity index (χ1n) is 7.77. The Balaban J connectivity index is 2.17. The highest BCUT2D eigenvalue weighted by Gasteiger charge is 2.16. The predicted octanol–water partition coefficient (Wildman–Crippen LogP) is 4.50. The molecule has 0 aliphatic carbocycles. The van der Waals surface area contributed by atoms with Gasteiger partial charge in [0.2, 0.25) is 0 Å². The Morgan fingerprint density at radius 3 is 2.83 bits per heavy atom. The molecule has 0 saturated heterocycles. The third-order valence-electron chi connectivity index (χ3n) is 3.89. The summed E-state index contributed by atoms with van der Waals surface area (Å²) in [4.78, 5) is 6.41. The van der Waals surface area contributed by atoms with E-state index in [1.807, 2.05) is 24.4 Å². The first kappa shape index (κ1) is 18.3. The van der Waals surface area contributed by atoms with E-state index in [-0.39, 0.29) is 6.04 Å². The number of hydrogen-bond donors (Lipinski definition) is 0. The van der Waals surface area contributed by atoms with Crippen molar-refractivity contribution in [1.29, 1.82) is 0 Å². The molecule has 0 amide bonds. The molecule has 4 nitrogen and oxygen atoms in total. The molecule has 0 aliphatic heterocycles. The van der Waals surface area contributed by atoms with E-state index in [0.29, 0.717) is 23.1 Å². The van der Waals surface area contributed by atoms with Crippen LogP contribution in [0.3, 0.4) is 0 Å². The Hall–Kier alpha value is -2.04. The average Bonchev–Trinajstić information content (AvgIpc) is 2.60. The van der Waals surface area contributed by atoms with Crippen LogP contribution >= 0.6 is 11.6 Å². The van der Waals surface area contributed by atoms with Gasteiger partial charge in [-0.2, -0.15) is 0 Å². The maximum absolute atomic E-state index is 6.36. The second kappa shape index (κ2) is 8.71. The summed E-state index contributed by atoms with van der Waals surface area (Å²) in [5.41, 5.74) is 2.23. The molecule has 0 N–H and O–H groups in total. The van der Waals surface area contributed by atoms with Gasteiger partial charge in [0, 0.05) is 25.0 Å². The molecular formula is C19H23ClN2O2. The average molecular weight is 347 g/mol. The first-order chi connectivity index (χ1) is 11.6. The number of hydrogen-bond acceptors (Lipinski definition) is 4. The third-order valence-corrected chi connectivity index (χ3v) is 4.18. The molecule has 24 heavy (non-hydrogen) atoms. The number of benzene rings is 1. The number of pyridine rings is 1. The van der Waals surface area contributed by atoms with E-state index in [1.165, 1.54) is 5.56 Å². The molecule has 1 aromatic heterocycles. The number of halogens is 1. The molecule has 0 radical (unpaired) electrons. The van der Waals surface area contributed by atoms with Crippen LogP contribution < -0.4 is 9.47 Å². The largest absolute Gasteiger partial charge is 0.493 e. The van der Waals surface area contributed by atoms with Crippen LogP contribution in [0, 0.1) is 0 Å². The van der Waals surface area contributed by atoms with Crippen LogP contribution in [0.4, 0.5) is 0 Å². The SMILES string of the molecule is C=CCOc1c(Cl)cc(CN(C)C(C)c2cccnc2)cc1OC. The molecule has 1 aromatic carbocycles. The molecule has 1 unspecified atom stereocenters. The fourth-order valence-corrected chi connectivity index (χ4v) is 2.74. The minimum absolute atomic E-state index is 0.236. The maximum atomic E-state index is 6.36. The van der Waals surface area contributed by atoms with E-state index in [1.54, 1.807) is 19.4 Å². The second-order valence-electron chi connectivity index (χ2n) is 5.59. The predicted molar refractivity (Wildman–Crippen MR) is 97.8 cm³/mol. The lowest BCUT2D eigenvalue weighted by Crippen LogP contribution is -2.22. The molecule has 2 aromatic rings. The number of rotatable bonds is 8. The van der Waals surface area contributed by atoms with Crippen molar-refractivity contribution in [2.45, 2.75) is 19.5 Å². The lowest BCUT2D eigenvalue weighted by Gasteiger charge is -2.25. The first-order valence-corrected chi connectivity index (χ1v) is 8.14. The summed E-state index contributed by atoms with van der Waals surface area (Å²) >= 11 is 6.36. The molecule has 1 heterocycles.